The van der Waals surface area contributed by atoms with Crippen molar-refractivity contribution in [3.8, 4) is 0 Å². The summed E-state index contributed by atoms with van der Waals surface area (Å²) in [6.45, 7) is 4.07. The monoisotopic (exact) mass is 520 g/mol. The molecule has 5 rings (SSSR count). The first-order chi connectivity index (χ1) is 18.7. The summed E-state index contributed by atoms with van der Waals surface area (Å²) in [6, 6.07) is 42.8. The van der Waals surface area contributed by atoms with Gasteiger partial charge in [0.15, 0.2) is 5.79 Å². The number of hydrogen-bond donors (Lipinski definition) is 0. The Bertz CT molecular complexity index is 1150. The van der Waals surface area contributed by atoms with Crippen molar-refractivity contribution in [2.24, 2.45) is 0 Å². The lowest BCUT2D eigenvalue weighted by molar-refractivity contribution is -0.162. The molecule has 0 radical (unpaired) electrons. The van der Waals surface area contributed by atoms with Crippen molar-refractivity contribution in [2.75, 3.05) is 28.2 Å². The van der Waals surface area contributed by atoms with E-state index in [1.165, 1.54) is 0 Å². The summed E-state index contributed by atoms with van der Waals surface area (Å²) in [5.74, 6) is -0.815. The molecule has 4 nitrogen and oxygen atoms in total. The molecule has 0 unspecified atom stereocenters. The van der Waals surface area contributed by atoms with Crippen molar-refractivity contribution in [3.63, 3.8) is 0 Å². The van der Waals surface area contributed by atoms with Gasteiger partial charge in [-0.15, -0.1) is 0 Å². The smallest absolute Gasteiger partial charge is 0.164 e. The standard InChI is InChI=1S/C35H40N2O2/c1-33(2)38-31(34(36(3)4,27-19-11-7-12-20-27)28-21-13-8-14-22-28)32(39-33)35(37(5)6,29-23-15-9-16-24-29)30-25-17-10-18-26-30/h7-26,31-32H,1-6H3/t31-,32-/m0/s1. The summed E-state index contributed by atoms with van der Waals surface area (Å²) in [6.07, 6.45) is -0.759. The van der Waals surface area contributed by atoms with Crippen LogP contribution in [0.5, 0.6) is 0 Å². The highest BCUT2D eigenvalue weighted by Gasteiger charge is 2.63. The van der Waals surface area contributed by atoms with Crippen LogP contribution in [0.4, 0.5) is 0 Å². The normalized spacial score (nSPS) is 19.5. The van der Waals surface area contributed by atoms with Gasteiger partial charge in [0.25, 0.3) is 0 Å². The number of rotatable bonds is 8. The Hall–Kier alpha value is -3.28. The quantitative estimate of drug-likeness (QED) is 0.264. The van der Waals surface area contributed by atoms with Crippen molar-refractivity contribution >= 4 is 0 Å². The highest BCUT2D eigenvalue weighted by Crippen LogP contribution is 2.53. The van der Waals surface area contributed by atoms with E-state index in [2.05, 4.69) is 159 Å². The van der Waals surface area contributed by atoms with E-state index in [4.69, 9.17) is 9.47 Å². The molecule has 0 amide bonds. The number of benzene rings is 4. The fourth-order valence-corrected chi connectivity index (χ4v) is 6.67. The Balaban J connectivity index is 1.87. The molecule has 2 atom stereocenters. The van der Waals surface area contributed by atoms with Gasteiger partial charge in [-0.25, -0.2) is 0 Å². The Labute approximate surface area is 233 Å². The summed E-state index contributed by atoms with van der Waals surface area (Å²) >= 11 is 0. The van der Waals surface area contributed by atoms with Crippen LogP contribution in [0.2, 0.25) is 0 Å². The average Bonchev–Trinajstić information content (AvgIpc) is 3.27. The minimum absolute atomic E-state index is 0.380. The maximum atomic E-state index is 7.11. The van der Waals surface area contributed by atoms with Crippen LogP contribution in [0.25, 0.3) is 0 Å². The predicted octanol–water partition coefficient (Wildman–Crippen LogP) is 6.52. The van der Waals surface area contributed by atoms with Crippen LogP contribution in [-0.4, -0.2) is 56.0 Å². The second-order valence-electron chi connectivity index (χ2n) is 11.3. The minimum Gasteiger partial charge on any atom is -0.342 e. The summed E-state index contributed by atoms with van der Waals surface area (Å²) < 4.78 is 14.2. The number of hydrogen-bond acceptors (Lipinski definition) is 4. The van der Waals surface area contributed by atoms with Gasteiger partial charge in [-0.2, -0.15) is 0 Å². The second kappa shape index (κ2) is 10.7. The van der Waals surface area contributed by atoms with Gasteiger partial charge in [-0.1, -0.05) is 121 Å². The van der Waals surface area contributed by atoms with Crippen LogP contribution in [-0.2, 0) is 20.6 Å². The first kappa shape index (κ1) is 27.3. The molecule has 0 aromatic heterocycles. The lowest BCUT2D eigenvalue weighted by Gasteiger charge is -2.52. The van der Waals surface area contributed by atoms with Gasteiger partial charge < -0.3 is 9.47 Å². The minimum atomic E-state index is -0.815. The summed E-state index contributed by atoms with van der Waals surface area (Å²) in [4.78, 5) is 4.60. The summed E-state index contributed by atoms with van der Waals surface area (Å²) in [7, 11) is 8.59. The molecule has 0 spiro atoms. The Morgan fingerprint density at radius 1 is 0.462 bits per heavy atom. The average molecular weight is 521 g/mol. The van der Waals surface area contributed by atoms with E-state index in [0.717, 1.165) is 22.3 Å². The number of likely N-dealkylation sites (N-methyl/N-ethyl adjacent to an activating group) is 2. The van der Waals surface area contributed by atoms with Gasteiger partial charge >= 0.3 is 0 Å². The van der Waals surface area contributed by atoms with Crippen molar-refractivity contribution in [3.05, 3.63) is 144 Å². The van der Waals surface area contributed by atoms with E-state index in [0.29, 0.717) is 0 Å². The molecule has 4 heteroatoms. The van der Waals surface area contributed by atoms with Gasteiger partial charge in [0.1, 0.15) is 23.3 Å². The van der Waals surface area contributed by atoms with Gasteiger partial charge in [0.2, 0.25) is 0 Å². The molecule has 0 bridgehead atoms. The third-order valence-electron chi connectivity index (χ3n) is 8.19. The molecule has 202 valence electrons. The van der Waals surface area contributed by atoms with Crippen LogP contribution >= 0.6 is 0 Å². The van der Waals surface area contributed by atoms with E-state index in [1.807, 2.05) is 13.8 Å². The zero-order valence-electron chi connectivity index (χ0n) is 23.9. The molecule has 1 saturated heterocycles. The van der Waals surface area contributed by atoms with Crippen molar-refractivity contribution in [1.29, 1.82) is 0 Å². The van der Waals surface area contributed by atoms with Gasteiger partial charge in [0.05, 0.1) is 0 Å². The van der Waals surface area contributed by atoms with Crippen molar-refractivity contribution < 1.29 is 9.47 Å². The summed E-state index contributed by atoms with van der Waals surface area (Å²) in [5, 5.41) is 0. The van der Waals surface area contributed by atoms with Crippen LogP contribution in [0.15, 0.2) is 121 Å². The van der Waals surface area contributed by atoms with Gasteiger partial charge in [0, 0.05) is 0 Å². The molecule has 1 aliphatic rings. The third kappa shape index (κ3) is 4.52. The van der Waals surface area contributed by atoms with E-state index in [9.17, 15) is 0 Å². The van der Waals surface area contributed by atoms with Crippen molar-refractivity contribution in [1.82, 2.24) is 9.80 Å². The number of nitrogens with zero attached hydrogens (tertiary/aromatic N) is 2. The third-order valence-corrected chi connectivity index (χ3v) is 8.19. The topological polar surface area (TPSA) is 24.9 Å². The fraction of sp³-hybridized carbons (Fsp3) is 0.314. The Morgan fingerprint density at radius 2 is 0.692 bits per heavy atom. The molecule has 4 aromatic rings. The van der Waals surface area contributed by atoms with Crippen molar-refractivity contribution in [2.45, 2.75) is 42.9 Å². The molecule has 1 aliphatic heterocycles. The largest absolute Gasteiger partial charge is 0.342 e. The zero-order chi connectivity index (χ0) is 27.7. The first-order valence-electron chi connectivity index (χ1n) is 13.7. The SMILES string of the molecule is CN(C)C(c1ccccc1)(c1ccccc1)[C@H]1OC(C)(C)O[C@@H]1C(c1ccccc1)(c1ccccc1)N(C)C. The van der Waals surface area contributed by atoms with E-state index >= 15 is 0 Å². The maximum Gasteiger partial charge on any atom is 0.164 e. The van der Waals surface area contributed by atoms with Crippen LogP contribution < -0.4 is 0 Å². The molecule has 4 aromatic carbocycles. The Kier molecular flexibility index (Phi) is 7.49. The lowest BCUT2D eigenvalue weighted by Crippen LogP contribution is -2.63. The van der Waals surface area contributed by atoms with Gasteiger partial charge in [-0.05, 0) is 64.3 Å². The van der Waals surface area contributed by atoms with E-state index in [1.54, 1.807) is 0 Å². The van der Waals surface area contributed by atoms with Crippen LogP contribution in [0.1, 0.15) is 36.1 Å². The lowest BCUT2D eigenvalue weighted by atomic mass is 9.67. The highest BCUT2D eigenvalue weighted by molar-refractivity contribution is 5.46. The molecular weight excluding hydrogens is 480 g/mol. The molecular formula is C35H40N2O2. The highest BCUT2D eigenvalue weighted by atomic mass is 16.8. The number of ether oxygens (including phenoxy) is 2. The maximum absolute atomic E-state index is 7.11. The second-order valence-corrected chi connectivity index (χ2v) is 11.3. The fourth-order valence-electron chi connectivity index (χ4n) is 6.67. The molecule has 0 saturated carbocycles. The molecule has 39 heavy (non-hydrogen) atoms. The molecule has 1 heterocycles. The van der Waals surface area contributed by atoms with E-state index < -0.39 is 16.9 Å². The molecule has 0 aliphatic carbocycles. The zero-order valence-corrected chi connectivity index (χ0v) is 23.9. The van der Waals surface area contributed by atoms with Gasteiger partial charge in [-0.3, -0.25) is 9.80 Å². The summed E-state index contributed by atoms with van der Waals surface area (Å²) in [5.41, 5.74) is 3.34. The molecule has 0 N–H and O–H groups in total. The predicted molar refractivity (Wildman–Crippen MR) is 159 cm³/mol. The molecule has 1 fully saturated rings. The van der Waals surface area contributed by atoms with Crippen LogP contribution in [0, 0.1) is 0 Å². The van der Waals surface area contributed by atoms with Crippen LogP contribution in [0.3, 0.4) is 0 Å². The van der Waals surface area contributed by atoms with E-state index in [-0.39, 0.29) is 12.2 Å². The first-order valence-corrected chi connectivity index (χ1v) is 13.7. The Morgan fingerprint density at radius 3 is 0.897 bits per heavy atom.